The SMILES string of the molecule is CC(C)c1nnc(NC(=O)CN2CC[C@H](N)C2)o1. The summed E-state index contributed by atoms with van der Waals surface area (Å²) in [6, 6.07) is 0.334. The molecule has 1 atom stereocenters. The first kappa shape index (κ1) is 13.0. The Balaban J connectivity index is 1.83. The lowest BCUT2D eigenvalue weighted by Gasteiger charge is -2.13. The maximum absolute atomic E-state index is 11.7. The van der Waals surface area contributed by atoms with Gasteiger partial charge in [-0.3, -0.25) is 15.0 Å². The summed E-state index contributed by atoms with van der Waals surface area (Å²) < 4.78 is 5.30. The van der Waals surface area contributed by atoms with Crippen LogP contribution in [0.2, 0.25) is 0 Å². The minimum atomic E-state index is -0.150. The van der Waals surface area contributed by atoms with Crippen molar-refractivity contribution in [3.05, 3.63) is 5.89 Å². The Labute approximate surface area is 106 Å². The van der Waals surface area contributed by atoms with Crippen LogP contribution in [-0.2, 0) is 4.79 Å². The van der Waals surface area contributed by atoms with Gasteiger partial charge in [0.05, 0.1) is 6.54 Å². The zero-order valence-electron chi connectivity index (χ0n) is 10.7. The number of hydrogen-bond acceptors (Lipinski definition) is 6. The Bertz CT molecular complexity index is 417. The van der Waals surface area contributed by atoms with Crippen LogP contribution in [0.25, 0.3) is 0 Å². The molecule has 1 aromatic heterocycles. The fraction of sp³-hybridized carbons (Fsp3) is 0.727. The second-order valence-electron chi connectivity index (χ2n) is 4.93. The van der Waals surface area contributed by atoms with Crippen LogP contribution in [0.4, 0.5) is 6.01 Å². The van der Waals surface area contributed by atoms with Crippen molar-refractivity contribution in [2.24, 2.45) is 5.73 Å². The third kappa shape index (κ3) is 3.27. The van der Waals surface area contributed by atoms with E-state index < -0.39 is 0 Å². The first-order chi connectivity index (χ1) is 8.54. The second-order valence-corrected chi connectivity index (χ2v) is 4.93. The number of carbonyl (C=O) groups excluding carboxylic acids is 1. The van der Waals surface area contributed by atoms with Crippen molar-refractivity contribution in [2.45, 2.75) is 32.2 Å². The first-order valence-corrected chi connectivity index (χ1v) is 6.16. The van der Waals surface area contributed by atoms with Crippen molar-refractivity contribution >= 4 is 11.9 Å². The van der Waals surface area contributed by atoms with Crippen LogP contribution in [-0.4, -0.2) is 46.7 Å². The predicted molar refractivity (Wildman–Crippen MR) is 66.0 cm³/mol. The topological polar surface area (TPSA) is 97.3 Å². The number of amides is 1. The zero-order valence-corrected chi connectivity index (χ0v) is 10.7. The summed E-state index contributed by atoms with van der Waals surface area (Å²) in [5.41, 5.74) is 5.78. The quantitative estimate of drug-likeness (QED) is 0.793. The lowest BCUT2D eigenvalue weighted by atomic mass is 10.2. The molecular formula is C11H19N5O2. The van der Waals surface area contributed by atoms with E-state index in [9.17, 15) is 4.79 Å². The predicted octanol–water partition coefficient (Wildman–Crippen LogP) is 0.165. The van der Waals surface area contributed by atoms with E-state index in [0.717, 1.165) is 19.5 Å². The van der Waals surface area contributed by atoms with Crippen molar-refractivity contribution in [3.8, 4) is 0 Å². The van der Waals surface area contributed by atoms with Crippen molar-refractivity contribution in [1.82, 2.24) is 15.1 Å². The van der Waals surface area contributed by atoms with E-state index in [4.69, 9.17) is 10.2 Å². The normalized spacial score (nSPS) is 20.6. The van der Waals surface area contributed by atoms with Gasteiger partial charge in [0.2, 0.25) is 11.8 Å². The summed E-state index contributed by atoms with van der Waals surface area (Å²) in [5, 5.41) is 10.2. The Morgan fingerprint density at radius 2 is 2.39 bits per heavy atom. The summed E-state index contributed by atoms with van der Waals surface area (Å²) >= 11 is 0. The molecule has 2 rings (SSSR count). The van der Waals surface area contributed by atoms with Crippen molar-refractivity contribution < 1.29 is 9.21 Å². The highest BCUT2D eigenvalue weighted by Crippen LogP contribution is 2.14. The molecule has 0 bridgehead atoms. The molecule has 1 aliphatic heterocycles. The molecular weight excluding hydrogens is 234 g/mol. The van der Waals surface area contributed by atoms with Gasteiger partial charge in [0, 0.05) is 25.0 Å². The molecule has 1 fully saturated rings. The second kappa shape index (κ2) is 5.45. The number of nitrogens with two attached hydrogens (primary N) is 1. The largest absolute Gasteiger partial charge is 0.408 e. The van der Waals surface area contributed by atoms with Crippen LogP contribution >= 0.6 is 0 Å². The first-order valence-electron chi connectivity index (χ1n) is 6.16. The lowest BCUT2D eigenvalue weighted by molar-refractivity contribution is -0.117. The van der Waals surface area contributed by atoms with Crippen LogP contribution in [0.15, 0.2) is 4.42 Å². The Hall–Kier alpha value is -1.47. The van der Waals surface area contributed by atoms with E-state index in [0.29, 0.717) is 12.4 Å². The summed E-state index contributed by atoms with van der Waals surface area (Å²) in [6.45, 7) is 5.83. The van der Waals surface area contributed by atoms with Gasteiger partial charge >= 0.3 is 6.01 Å². The van der Waals surface area contributed by atoms with Crippen molar-refractivity contribution in [1.29, 1.82) is 0 Å². The molecule has 2 heterocycles. The molecule has 0 aromatic carbocycles. The summed E-state index contributed by atoms with van der Waals surface area (Å²) in [6.07, 6.45) is 0.936. The van der Waals surface area contributed by atoms with Crippen LogP contribution in [0.3, 0.4) is 0 Å². The van der Waals surface area contributed by atoms with Gasteiger partial charge in [0.25, 0.3) is 0 Å². The van der Waals surface area contributed by atoms with Gasteiger partial charge in [-0.05, 0) is 6.42 Å². The molecule has 7 nitrogen and oxygen atoms in total. The lowest BCUT2D eigenvalue weighted by Crippen LogP contribution is -2.33. The summed E-state index contributed by atoms with van der Waals surface area (Å²) in [7, 11) is 0. The third-order valence-electron chi connectivity index (χ3n) is 2.86. The molecule has 1 aliphatic rings. The van der Waals surface area contributed by atoms with E-state index in [1.807, 2.05) is 18.7 Å². The molecule has 100 valence electrons. The van der Waals surface area contributed by atoms with E-state index in [-0.39, 0.29) is 23.9 Å². The minimum Gasteiger partial charge on any atom is -0.408 e. The molecule has 0 spiro atoms. The number of hydrogen-bond donors (Lipinski definition) is 2. The van der Waals surface area contributed by atoms with Gasteiger partial charge in [-0.2, -0.15) is 0 Å². The third-order valence-corrected chi connectivity index (χ3v) is 2.86. The van der Waals surface area contributed by atoms with Crippen LogP contribution in [0, 0.1) is 0 Å². The fourth-order valence-corrected chi connectivity index (χ4v) is 1.89. The highest BCUT2D eigenvalue weighted by atomic mass is 16.4. The minimum absolute atomic E-state index is 0.150. The van der Waals surface area contributed by atoms with Crippen LogP contribution in [0.1, 0.15) is 32.1 Å². The number of carbonyl (C=O) groups is 1. The molecule has 0 saturated carbocycles. The van der Waals surface area contributed by atoms with Gasteiger partial charge in [0.1, 0.15) is 0 Å². The average molecular weight is 253 g/mol. The molecule has 18 heavy (non-hydrogen) atoms. The summed E-state index contributed by atoms with van der Waals surface area (Å²) in [5.74, 6) is 0.524. The molecule has 1 aromatic rings. The Morgan fingerprint density at radius 1 is 1.61 bits per heavy atom. The number of nitrogens with zero attached hydrogens (tertiary/aromatic N) is 3. The van der Waals surface area contributed by atoms with E-state index in [1.54, 1.807) is 0 Å². The average Bonchev–Trinajstić information content (AvgIpc) is 2.88. The molecule has 1 saturated heterocycles. The zero-order chi connectivity index (χ0) is 13.1. The summed E-state index contributed by atoms with van der Waals surface area (Å²) in [4.78, 5) is 13.7. The van der Waals surface area contributed by atoms with Gasteiger partial charge in [-0.1, -0.05) is 18.9 Å². The van der Waals surface area contributed by atoms with E-state index >= 15 is 0 Å². The number of likely N-dealkylation sites (tertiary alicyclic amines) is 1. The highest BCUT2D eigenvalue weighted by Gasteiger charge is 2.21. The molecule has 7 heteroatoms. The van der Waals surface area contributed by atoms with Gasteiger partial charge in [0.15, 0.2) is 0 Å². The molecule has 0 radical (unpaired) electrons. The van der Waals surface area contributed by atoms with Gasteiger partial charge in [-0.25, -0.2) is 0 Å². The molecule has 3 N–H and O–H groups in total. The smallest absolute Gasteiger partial charge is 0.322 e. The van der Waals surface area contributed by atoms with Crippen molar-refractivity contribution in [2.75, 3.05) is 25.0 Å². The molecule has 0 aliphatic carbocycles. The number of aromatic nitrogens is 2. The maximum atomic E-state index is 11.7. The number of rotatable bonds is 4. The monoisotopic (exact) mass is 253 g/mol. The Kier molecular flexibility index (Phi) is 3.93. The van der Waals surface area contributed by atoms with Crippen molar-refractivity contribution in [3.63, 3.8) is 0 Å². The fourth-order valence-electron chi connectivity index (χ4n) is 1.89. The van der Waals surface area contributed by atoms with Crippen LogP contribution in [0.5, 0.6) is 0 Å². The van der Waals surface area contributed by atoms with Crippen LogP contribution < -0.4 is 11.1 Å². The van der Waals surface area contributed by atoms with E-state index in [2.05, 4.69) is 15.5 Å². The molecule has 1 amide bonds. The highest BCUT2D eigenvalue weighted by molar-refractivity contribution is 5.90. The number of nitrogens with one attached hydrogen (secondary N) is 1. The maximum Gasteiger partial charge on any atom is 0.322 e. The molecule has 0 unspecified atom stereocenters. The van der Waals surface area contributed by atoms with Gasteiger partial charge < -0.3 is 10.2 Å². The number of anilines is 1. The standard InChI is InChI=1S/C11H19N5O2/c1-7(2)10-14-15-11(18-10)13-9(17)6-16-4-3-8(12)5-16/h7-8H,3-6,12H2,1-2H3,(H,13,15,17)/t8-/m0/s1. The Morgan fingerprint density at radius 3 is 2.94 bits per heavy atom. The van der Waals surface area contributed by atoms with E-state index in [1.165, 1.54) is 0 Å². The van der Waals surface area contributed by atoms with Gasteiger partial charge in [-0.15, -0.1) is 5.10 Å².